The first-order valence-corrected chi connectivity index (χ1v) is 8.95. The van der Waals surface area contributed by atoms with Crippen molar-refractivity contribution >= 4 is 33.1 Å². The highest BCUT2D eigenvalue weighted by Crippen LogP contribution is 2.42. The molecule has 3 rings (SSSR count). The standard InChI is InChI=1S/C17H20F3N3OS/c1-8-4-9(2)7-23(6-8)16(24)14-13(21)12-11(17(18,19)20)5-10(3)22-15(12)25-14/h5,8-9H,4,6-7,21H2,1-3H3/t8-,9-/m0/s1. The van der Waals surface area contributed by atoms with Crippen LogP contribution in [-0.2, 0) is 6.18 Å². The summed E-state index contributed by atoms with van der Waals surface area (Å²) in [5.41, 5.74) is 5.29. The molecule has 1 fully saturated rings. The molecule has 2 N–H and O–H groups in total. The third kappa shape index (κ3) is 3.31. The Balaban J connectivity index is 2.09. The lowest BCUT2D eigenvalue weighted by molar-refractivity contribution is -0.136. The van der Waals surface area contributed by atoms with E-state index in [4.69, 9.17) is 5.73 Å². The number of piperidine rings is 1. The molecule has 2 aromatic rings. The molecule has 25 heavy (non-hydrogen) atoms. The normalized spacial score (nSPS) is 21.8. The number of nitrogens with two attached hydrogens (primary N) is 1. The maximum atomic E-state index is 13.4. The third-order valence-corrected chi connectivity index (χ3v) is 5.57. The van der Waals surface area contributed by atoms with E-state index in [1.165, 1.54) is 6.92 Å². The van der Waals surface area contributed by atoms with Crippen LogP contribution in [0.4, 0.5) is 18.9 Å². The van der Waals surface area contributed by atoms with Crippen molar-refractivity contribution in [1.82, 2.24) is 9.88 Å². The van der Waals surface area contributed by atoms with Crippen LogP contribution in [-0.4, -0.2) is 28.9 Å². The lowest BCUT2D eigenvalue weighted by Crippen LogP contribution is -2.42. The molecule has 0 saturated carbocycles. The van der Waals surface area contributed by atoms with Crippen LogP contribution in [0.5, 0.6) is 0 Å². The van der Waals surface area contributed by atoms with Gasteiger partial charge in [0.15, 0.2) is 0 Å². The number of nitrogen functional groups attached to an aromatic ring is 1. The van der Waals surface area contributed by atoms with E-state index in [0.29, 0.717) is 24.9 Å². The van der Waals surface area contributed by atoms with Gasteiger partial charge in [0, 0.05) is 24.2 Å². The molecule has 1 aliphatic rings. The number of halogens is 3. The number of nitrogens with zero attached hydrogens (tertiary/aromatic N) is 2. The molecule has 1 saturated heterocycles. The number of rotatable bonds is 1. The Labute approximate surface area is 147 Å². The molecule has 0 bridgehead atoms. The van der Waals surface area contributed by atoms with E-state index in [1.807, 2.05) is 0 Å². The number of alkyl halides is 3. The van der Waals surface area contributed by atoms with Crippen LogP contribution < -0.4 is 5.73 Å². The highest BCUT2D eigenvalue weighted by Gasteiger charge is 2.36. The van der Waals surface area contributed by atoms with Crippen molar-refractivity contribution in [3.05, 3.63) is 22.2 Å². The van der Waals surface area contributed by atoms with E-state index < -0.39 is 11.7 Å². The summed E-state index contributed by atoms with van der Waals surface area (Å²) in [5.74, 6) is 0.411. The minimum atomic E-state index is -4.55. The molecule has 0 spiro atoms. The van der Waals surface area contributed by atoms with Crippen LogP contribution in [0, 0.1) is 18.8 Å². The summed E-state index contributed by atoms with van der Waals surface area (Å²) < 4.78 is 40.1. The van der Waals surface area contributed by atoms with Gasteiger partial charge in [0.05, 0.1) is 11.3 Å². The Morgan fingerprint density at radius 1 is 1.32 bits per heavy atom. The van der Waals surface area contributed by atoms with Gasteiger partial charge in [-0.25, -0.2) is 4.98 Å². The molecule has 0 radical (unpaired) electrons. The fourth-order valence-electron chi connectivity index (χ4n) is 3.60. The second-order valence-corrected chi connectivity index (χ2v) is 7.99. The van der Waals surface area contributed by atoms with Gasteiger partial charge in [-0.15, -0.1) is 11.3 Å². The minimum absolute atomic E-state index is 0.115. The van der Waals surface area contributed by atoms with Crippen LogP contribution in [0.15, 0.2) is 6.07 Å². The predicted octanol–water partition coefficient (Wildman–Crippen LogP) is 4.32. The Kier molecular flexibility index (Phi) is 4.43. The average molecular weight is 371 g/mol. The smallest absolute Gasteiger partial charge is 0.397 e. The molecular formula is C17H20F3N3OS. The van der Waals surface area contributed by atoms with E-state index in [2.05, 4.69) is 18.8 Å². The molecule has 0 aliphatic carbocycles. The largest absolute Gasteiger partial charge is 0.417 e. The van der Waals surface area contributed by atoms with Crippen LogP contribution in [0.1, 0.15) is 41.2 Å². The summed E-state index contributed by atoms with van der Waals surface area (Å²) in [6, 6.07) is 0.977. The van der Waals surface area contributed by atoms with Crippen LogP contribution in [0.25, 0.3) is 10.2 Å². The zero-order valence-corrected chi connectivity index (χ0v) is 15.1. The lowest BCUT2D eigenvalue weighted by Gasteiger charge is -2.34. The molecule has 1 aliphatic heterocycles. The third-order valence-electron chi connectivity index (χ3n) is 4.48. The van der Waals surface area contributed by atoms with Gasteiger partial charge in [-0.2, -0.15) is 13.2 Å². The Morgan fingerprint density at radius 3 is 2.48 bits per heavy atom. The molecule has 0 aromatic carbocycles. The van der Waals surface area contributed by atoms with Gasteiger partial charge in [-0.05, 0) is 31.2 Å². The Morgan fingerprint density at radius 2 is 1.92 bits per heavy atom. The van der Waals surface area contributed by atoms with Crippen molar-refractivity contribution in [3.63, 3.8) is 0 Å². The van der Waals surface area contributed by atoms with Gasteiger partial charge in [0.25, 0.3) is 5.91 Å². The molecule has 0 unspecified atom stereocenters. The van der Waals surface area contributed by atoms with E-state index in [0.717, 1.165) is 23.8 Å². The summed E-state index contributed by atoms with van der Waals surface area (Å²) in [5, 5.41) is -0.162. The average Bonchev–Trinajstić information content (AvgIpc) is 2.80. The Hall–Kier alpha value is -1.83. The van der Waals surface area contributed by atoms with Crippen LogP contribution in [0.3, 0.4) is 0 Å². The monoisotopic (exact) mass is 371 g/mol. The summed E-state index contributed by atoms with van der Waals surface area (Å²) in [7, 11) is 0. The van der Waals surface area contributed by atoms with Crippen molar-refractivity contribution < 1.29 is 18.0 Å². The second kappa shape index (κ2) is 6.16. The van der Waals surface area contributed by atoms with Crippen LogP contribution in [0.2, 0.25) is 0 Å². The first-order chi connectivity index (χ1) is 11.6. The molecule has 2 aromatic heterocycles. The maximum Gasteiger partial charge on any atom is 0.417 e. The summed E-state index contributed by atoms with van der Waals surface area (Å²) in [6.45, 7) is 6.82. The molecule has 2 atom stereocenters. The van der Waals surface area contributed by atoms with Crippen molar-refractivity contribution in [2.24, 2.45) is 11.8 Å². The van der Waals surface area contributed by atoms with Gasteiger partial charge < -0.3 is 10.6 Å². The highest BCUT2D eigenvalue weighted by molar-refractivity contribution is 7.21. The van der Waals surface area contributed by atoms with Gasteiger partial charge in [-0.3, -0.25) is 4.79 Å². The van der Waals surface area contributed by atoms with Crippen molar-refractivity contribution in [2.45, 2.75) is 33.4 Å². The zero-order chi connectivity index (χ0) is 18.5. The van der Waals surface area contributed by atoms with Gasteiger partial charge in [-0.1, -0.05) is 13.8 Å². The highest BCUT2D eigenvalue weighted by atomic mass is 32.1. The van der Waals surface area contributed by atoms with E-state index in [1.54, 1.807) is 4.90 Å². The number of hydrogen-bond acceptors (Lipinski definition) is 4. The van der Waals surface area contributed by atoms with E-state index in [9.17, 15) is 18.0 Å². The Bertz CT molecular complexity index is 821. The summed E-state index contributed by atoms with van der Waals surface area (Å²) >= 11 is 0.945. The number of aromatic nitrogens is 1. The number of anilines is 1. The number of pyridine rings is 1. The molecule has 8 heteroatoms. The summed E-state index contributed by atoms with van der Waals surface area (Å²) in [6.07, 6.45) is -3.51. The number of fused-ring (bicyclic) bond motifs is 1. The number of thiophene rings is 1. The second-order valence-electron chi connectivity index (χ2n) is 6.99. The topological polar surface area (TPSA) is 59.2 Å². The number of hydrogen-bond donors (Lipinski definition) is 1. The molecule has 136 valence electrons. The minimum Gasteiger partial charge on any atom is -0.397 e. The molecular weight excluding hydrogens is 351 g/mol. The first-order valence-electron chi connectivity index (χ1n) is 8.14. The molecule has 1 amide bonds. The fraction of sp³-hybridized carbons (Fsp3) is 0.529. The van der Waals surface area contributed by atoms with E-state index in [-0.39, 0.29) is 32.4 Å². The van der Waals surface area contributed by atoms with E-state index >= 15 is 0 Å². The van der Waals surface area contributed by atoms with Crippen molar-refractivity contribution in [3.8, 4) is 0 Å². The predicted molar refractivity (Wildman–Crippen MR) is 92.6 cm³/mol. The number of aryl methyl sites for hydroxylation is 1. The van der Waals surface area contributed by atoms with Gasteiger partial charge in [0.2, 0.25) is 0 Å². The number of carbonyl (C=O) groups excluding carboxylic acids is 1. The van der Waals surface area contributed by atoms with Gasteiger partial charge >= 0.3 is 6.18 Å². The lowest BCUT2D eigenvalue weighted by atomic mass is 9.92. The fourth-order valence-corrected chi connectivity index (χ4v) is 4.73. The zero-order valence-electron chi connectivity index (χ0n) is 14.3. The quantitative estimate of drug-likeness (QED) is 0.812. The summed E-state index contributed by atoms with van der Waals surface area (Å²) in [4.78, 5) is 19.0. The van der Waals surface area contributed by atoms with Crippen molar-refractivity contribution in [2.75, 3.05) is 18.8 Å². The first kappa shape index (κ1) is 18.0. The van der Waals surface area contributed by atoms with Crippen molar-refractivity contribution in [1.29, 1.82) is 0 Å². The molecule has 3 heterocycles. The number of likely N-dealkylation sites (tertiary alicyclic amines) is 1. The van der Waals surface area contributed by atoms with Gasteiger partial charge in [0.1, 0.15) is 9.71 Å². The SMILES string of the molecule is Cc1cc(C(F)(F)F)c2c(N)c(C(=O)N3C[C@@H](C)C[C@H](C)C3)sc2n1. The number of amides is 1. The van der Waals surface area contributed by atoms with Crippen LogP contribution >= 0.6 is 11.3 Å². The maximum absolute atomic E-state index is 13.4. The number of carbonyl (C=O) groups is 1. The molecule has 4 nitrogen and oxygen atoms in total.